The van der Waals surface area contributed by atoms with Gasteiger partial charge in [-0.15, -0.1) is 0 Å². The number of benzene rings is 1. The number of nitrogens with zero attached hydrogens (tertiary/aromatic N) is 1. The fraction of sp³-hybridized carbons (Fsp3) is 0.318. The van der Waals surface area contributed by atoms with Crippen molar-refractivity contribution in [1.82, 2.24) is 4.98 Å². The third-order valence-corrected chi connectivity index (χ3v) is 6.67. The molecule has 1 fully saturated rings. The van der Waals surface area contributed by atoms with Crippen LogP contribution in [0.25, 0.3) is 11.1 Å². The Hall–Kier alpha value is -2.40. The highest BCUT2D eigenvalue weighted by Gasteiger charge is 2.36. The quantitative estimate of drug-likeness (QED) is 0.780. The molecule has 1 spiro atoms. The maximum Gasteiger partial charge on any atom is 0.212 e. The summed E-state index contributed by atoms with van der Waals surface area (Å²) in [5, 5.41) is 0. The van der Waals surface area contributed by atoms with E-state index < -0.39 is 9.84 Å². The first-order valence-corrected chi connectivity index (χ1v) is 11.1. The van der Waals surface area contributed by atoms with Crippen molar-refractivity contribution in [2.75, 3.05) is 13.4 Å². The number of allylic oxidation sites excluding steroid dienone is 4. The van der Waals surface area contributed by atoms with Crippen LogP contribution in [0.15, 0.2) is 59.6 Å². The van der Waals surface area contributed by atoms with Gasteiger partial charge in [0.05, 0.1) is 12.0 Å². The lowest BCUT2D eigenvalue weighted by Crippen LogP contribution is -2.05. The molecule has 1 saturated carbocycles. The highest BCUT2D eigenvalue weighted by molar-refractivity contribution is 7.90. The number of sulfone groups is 1. The standard InChI is InChI=1S/C22H23NO3S/c1-26-21-10-7-17(15-23-21)20-14-22(11-3-4-12-22)13-19(20)16-5-8-18(9-6-16)27(2,24)25/h5-10,13-15H,3-4,11-12H2,1-2H3. The molecule has 0 aliphatic heterocycles. The molecule has 0 unspecified atom stereocenters. The van der Waals surface area contributed by atoms with Gasteiger partial charge in [0, 0.05) is 29.5 Å². The minimum absolute atomic E-state index is 0.111. The van der Waals surface area contributed by atoms with Gasteiger partial charge in [0.15, 0.2) is 9.84 Å². The van der Waals surface area contributed by atoms with Crippen LogP contribution in [0.1, 0.15) is 36.8 Å². The summed E-state index contributed by atoms with van der Waals surface area (Å²) in [5.41, 5.74) is 4.52. The second-order valence-corrected chi connectivity index (χ2v) is 9.46. The Bertz CT molecular complexity index is 1010. The molecule has 5 heteroatoms. The monoisotopic (exact) mass is 381 g/mol. The Morgan fingerprint density at radius 1 is 0.926 bits per heavy atom. The molecule has 1 heterocycles. The van der Waals surface area contributed by atoms with Gasteiger partial charge in [-0.05, 0) is 47.8 Å². The number of pyridine rings is 1. The molecule has 1 aromatic heterocycles. The number of hydrogen-bond donors (Lipinski definition) is 0. The summed E-state index contributed by atoms with van der Waals surface area (Å²) in [5.74, 6) is 0.593. The Balaban J connectivity index is 1.77. The zero-order chi connectivity index (χ0) is 19.1. The van der Waals surface area contributed by atoms with Crippen LogP contribution < -0.4 is 4.74 Å². The zero-order valence-electron chi connectivity index (χ0n) is 15.6. The zero-order valence-corrected chi connectivity index (χ0v) is 16.4. The van der Waals surface area contributed by atoms with Gasteiger partial charge in [-0.1, -0.05) is 37.1 Å². The minimum Gasteiger partial charge on any atom is -0.481 e. The van der Waals surface area contributed by atoms with Crippen LogP contribution in [0, 0.1) is 5.41 Å². The predicted molar refractivity (Wildman–Crippen MR) is 107 cm³/mol. The second kappa shape index (κ2) is 6.64. The summed E-state index contributed by atoms with van der Waals surface area (Å²) < 4.78 is 28.7. The van der Waals surface area contributed by atoms with Crippen molar-refractivity contribution in [3.8, 4) is 5.88 Å². The van der Waals surface area contributed by atoms with Crippen LogP contribution in [0.4, 0.5) is 0 Å². The number of ether oxygens (including phenoxy) is 1. The van der Waals surface area contributed by atoms with E-state index in [1.165, 1.54) is 24.7 Å². The molecule has 2 aliphatic carbocycles. The summed E-state index contributed by atoms with van der Waals surface area (Å²) in [6.07, 6.45) is 12.6. The van der Waals surface area contributed by atoms with E-state index in [1.807, 2.05) is 30.5 Å². The maximum atomic E-state index is 11.8. The number of methoxy groups -OCH3 is 1. The van der Waals surface area contributed by atoms with Crippen LogP contribution >= 0.6 is 0 Å². The summed E-state index contributed by atoms with van der Waals surface area (Å²) >= 11 is 0. The first-order chi connectivity index (χ1) is 12.9. The first kappa shape index (κ1) is 18.0. The van der Waals surface area contributed by atoms with Crippen molar-refractivity contribution >= 4 is 21.0 Å². The number of hydrogen-bond acceptors (Lipinski definition) is 4. The largest absolute Gasteiger partial charge is 0.481 e. The predicted octanol–water partition coefficient (Wildman–Crippen LogP) is 4.53. The van der Waals surface area contributed by atoms with Gasteiger partial charge < -0.3 is 4.74 Å². The summed E-state index contributed by atoms with van der Waals surface area (Å²) in [4.78, 5) is 4.71. The molecule has 2 aliphatic rings. The van der Waals surface area contributed by atoms with E-state index in [0.29, 0.717) is 10.8 Å². The van der Waals surface area contributed by atoms with Crippen molar-refractivity contribution in [3.05, 3.63) is 65.9 Å². The molecule has 4 nitrogen and oxygen atoms in total. The van der Waals surface area contributed by atoms with Crippen LogP contribution in [0.2, 0.25) is 0 Å². The van der Waals surface area contributed by atoms with Gasteiger partial charge in [-0.2, -0.15) is 0 Å². The molecule has 0 radical (unpaired) electrons. The highest BCUT2D eigenvalue weighted by atomic mass is 32.2. The Morgan fingerprint density at radius 2 is 1.52 bits per heavy atom. The van der Waals surface area contributed by atoms with Gasteiger partial charge >= 0.3 is 0 Å². The smallest absolute Gasteiger partial charge is 0.212 e. The SMILES string of the molecule is COc1ccc(C2=CC3(C=C2c2ccc(S(C)(=O)=O)cc2)CCCC3)cn1. The molecule has 1 aromatic carbocycles. The van der Waals surface area contributed by atoms with Crippen molar-refractivity contribution < 1.29 is 13.2 Å². The number of aromatic nitrogens is 1. The van der Waals surface area contributed by atoms with Gasteiger partial charge in [0.1, 0.15) is 0 Å². The molecule has 2 aromatic rings. The van der Waals surface area contributed by atoms with E-state index in [2.05, 4.69) is 17.1 Å². The third kappa shape index (κ3) is 3.44. The summed E-state index contributed by atoms with van der Waals surface area (Å²) in [6.45, 7) is 0. The van der Waals surface area contributed by atoms with Crippen molar-refractivity contribution in [2.45, 2.75) is 30.6 Å². The fourth-order valence-electron chi connectivity index (χ4n) is 4.11. The molecular formula is C22H23NO3S. The van der Waals surface area contributed by atoms with Crippen LogP contribution in [-0.4, -0.2) is 26.8 Å². The topological polar surface area (TPSA) is 56.3 Å². The third-order valence-electron chi connectivity index (χ3n) is 5.54. The van der Waals surface area contributed by atoms with Crippen LogP contribution in [0.5, 0.6) is 5.88 Å². The molecule has 140 valence electrons. The average Bonchev–Trinajstić information content (AvgIpc) is 3.28. The lowest BCUT2D eigenvalue weighted by molar-refractivity contribution is 0.398. The highest BCUT2D eigenvalue weighted by Crippen LogP contribution is 2.51. The average molecular weight is 381 g/mol. The van der Waals surface area contributed by atoms with Gasteiger partial charge in [0.2, 0.25) is 5.88 Å². The van der Waals surface area contributed by atoms with Gasteiger partial charge in [0.25, 0.3) is 0 Å². The van der Waals surface area contributed by atoms with Crippen LogP contribution in [-0.2, 0) is 9.84 Å². The molecule has 27 heavy (non-hydrogen) atoms. The van der Waals surface area contributed by atoms with E-state index in [-0.39, 0.29) is 5.41 Å². The second-order valence-electron chi connectivity index (χ2n) is 7.44. The van der Waals surface area contributed by atoms with E-state index >= 15 is 0 Å². The molecule has 0 atom stereocenters. The molecule has 0 N–H and O–H groups in total. The Kier molecular flexibility index (Phi) is 4.42. The van der Waals surface area contributed by atoms with Crippen molar-refractivity contribution in [2.24, 2.45) is 5.41 Å². The van der Waals surface area contributed by atoms with Crippen molar-refractivity contribution in [3.63, 3.8) is 0 Å². The molecule has 0 saturated heterocycles. The maximum absolute atomic E-state index is 11.8. The summed E-state index contributed by atoms with van der Waals surface area (Å²) in [7, 11) is -1.59. The summed E-state index contributed by atoms with van der Waals surface area (Å²) in [6, 6.07) is 11.1. The Morgan fingerprint density at radius 3 is 2.04 bits per heavy atom. The van der Waals surface area contributed by atoms with E-state index in [0.717, 1.165) is 29.5 Å². The normalized spacial score (nSPS) is 18.4. The fourth-order valence-corrected chi connectivity index (χ4v) is 4.74. The van der Waals surface area contributed by atoms with E-state index in [4.69, 9.17) is 4.74 Å². The molecule has 4 rings (SSSR count). The van der Waals surface area contributed by atoms with Gasteiger partial charge in [-0.3, -0.25) is 0 Å². The van der Waals surface area contributed by atoms with Crippen molar-refractivity contribution in [1.29, 1.82) is 0 Å². The molecule has 0 bridgehead atoms. The Labute approximate surface area is 160 Å². The molecular weight excluding hydrogens is 358 g/mol. The lowest BCUT2D eigenvalue weighted by Gasteiger charge is -2.16. The van der Waals surface area contributed by atoms with E-state index in [1.54, 1.807) is 19.2 Å². The van der Waals surface area contributed by atoms with E-state index in [9.17, 15) is 8.42 Å². The number of rotatable bonds is 4. The lowest BCUT2D eigenvalue weighted by atomic mass is 9.88. The molecule has 0 amide bonds. The van der Waals surface area contributed by atoms with Gasteiger partial charge in [-0.25, -0.2) is 13.4 Å². The minimum atomic E-state index is -3.20. The first-order valence-electron chi connectivity index (χ1n) is 9.17. The van der Waals surface area contributed by atoms with Crippen LogP contribution in [0.3, 0.4) is 0 Å².